The zero-order valence-electron chi connectivity index (χ0n) is 12.2. The highest BCUT2D eigenvalue weighted by Crippen LogP contribution is 2.27. The minimum absolute atomic E-state index is 0.00241. The second-order valence-corrected chi connectivity index (χ2v) is 6.11. The Morgan fingerprint density at radius 3 is 1.85 bits per heavy atom. The van der Waals surface area contributed by atoms with Crippen molar-refractivity contribution in [2.45, 2.75) is 33.9 Å². The molecule has 0 amide bonds. The molecule has 0 unspecified atom stereocenters. The van der Waals surface area contributed by atoms with Crippen molar-refractivity contribution >= 4 is 11.3 Å². The molecule has 0 radical (unpaired) electrons. The van der Waals surface area contributed by atoms with Crippen LogP contribution in [-0.2, 0) is 0 Å². The highest BCUT2D eigenvalue weighted by molar-refractivity contribution is 7.10. The van der Waals surface area contributed by atoms with Gasteiger partial charge in [0.15, 0.2) is 6.17 Å². The molecular weight excluding hydrogens is 268 g/mol. The van der Waals surface area contributed by atoms with Crippen LogP contribution in [-0.4, -0.2) is 19.6 Å². The number of hydrogen-bond donors (Lipinski definition) is 0. The molecule has 0 aliphatic heterocycles. The van der Waals surface area contributed by atoms with Gasteiger partial charge in [0.05, 0.1) is 16.3 Å². The highest BCUT2D eigenvalue weighted by Gasteiger charge is 2.22. The molecule has 4 nitrogen and oxygen atoms in total. The van der Waals surface area contributed by atoms with Crippen LogP contribution in [0.15, 0.2) is 29.6 Å². The fourth-order valence-corrected chi connectivity index (χ4v) is 3.36. The van der Waals surface area contributed by atoms with Crippen LogP contribution in [0.25, 0.3) is 0 Å². The molecule has 104 valence electrons. The van der Waals surface area contributed by atoms with Gasteiger partial charge < -0.3 is 0 Å². The third-order valence-electron chi connectivity index (χ3n) is 3.35. The second-order valence-electron chi connectivity index (χ2n) is 5.13. The normalized spacial score (nSPS) is 11.4. The number of nitrogens with zero attached hydrogens (tertiary/aromatic N) is 4. The Kier molecular flexibility index (Phi) is 3.22. The van der Waals surface area contributed by atoms with E-state index >= 15 is 0 Å². The first-order valence-corrected chi connectivity index (χ1v) is 7.53. The average molecular weight is 286 g/mol. The quantitative estimate of drug-likeness (QED) is 0.739. The molecule has 20 heavy (non-hydrogen) atoms. The third kappa shape index (κ3) is 2.18. The van der Waals surface area contributed by atoms with Crippen molar-refractivity contribution in [3.63, 3.8) is 0 Å². The van der Waals surface area contributed by atoms with E-state index in [-0.39, 0.29) is 6.17 Å². The van der Waals surface area contributed by atoms with Gasteiger partial charge in [0.2, 0.25) is 0 Å². The van der Waals surface area contributed by atoms with Crippen LogP contribution in [0.2, 0.25) is 0 Å². The molecule has 3 aromatic rings. The summed E-state index contributed by atoms with van der Waals surface area (Å²) < 4.78 is 4.11. The lowest BCUT2D eigenvalue weighted by molar-refractivity contribution is 0.407. The summed E-state index contributed by atoms with van der Waals surface area (Å²) >= 11 is 1.73. The number of aryl methyl sites for hydroxylation is 4. The summed E-state index contributed by atoms with van der Waals surface area (Å²) in [6.07, 6.45) is -0.00241. The van der Waals surface area contributed by atoms with Crippen molar-refractivity contribution < 1.29 is 0 Å². The molecule has 0 saturated carbocycles. The van der Waals surface area contributed by atoms with E-state index in [0.717, 1.165) is 22.8 Å². The number of thiophene rings is 1. The summed E-state index contributed by atoms with van der Waals surface area (Å²) in [7, 11) is 0. The van der Waals surface area contributed by atoms with Gasteiger partial charge in [-0.15, -0.1) is 11.3 Å². The van der Waals surface area contributed by atoms with Crippen LogP contribution in [0.4, 0.5) is 0 Å². The molecule has 0 bridgehead atoms. The van der Waals surface area contributed by atoms with E-state index < -0.39 is 0 Å². The molecular formula is C15H18N4S. The van der Waals surface area contributed by atoms with E-state index in [2.05, 4.69) is 63.1 Å². The predicted octanol–water partition coefficient (Wildman–Crippen LogP) is 3.47. The second kappa shape index (κ2) is 4.90. The van der Waals surface area contributed by atoms with Gasteiger partial charge in [-0.2, -0.15) is 10.2 Å². The topological polar surface area (TPSA) is 35.6 Å². The van der Waals surface area contributed by atoms with Crippen LogP contribution in [0.3, 0.4) is 0 Å². The fourth-order valence-electron chi connectivity index (χ4n) is 2.57. The zero-order valence-corrected chi connectivity index (χ0v) is 13.0. The Morgan fingerprint density at radius 2 is 1.50 bits per heavy atom. The van der Waals surface area contributed by atoms with Crippen molar-refractivity contribution in [3.8, 4) is 0 Å². The van der Waals surface area contributed by atoms with Crippen molar-refractivity contribution in [2.75, 3.05) is 0 Å². The summed E-state index contributed by atoms with van der Waals surface area (Å²) in [6.45, 7) is 8.23. The Hall–Kier alpha value is -1.88. The van der Waals surface area contributed by atoms with Gasteiger partial charge in [0.1, 0.15) is 0 Å². The number of aromatic nitrogens is 4. The Morgan fingerprint density at radius 1 is 0.950 bits per heavy atom. The standard InChI is InChI=1S/C15H18N4S/c1-10-8-12(3)18(16-10)15(14-6-5-7-20-14)19-13(4)9-11(2)17-19/h5-9,15H,1-4H3. The van der Waals surface area contributed by atoms with Gasteiger partial charge in [-0.3, -0.25) is 0 Å². The molecule has 5 heteroatoms. The molecule has 0 aliphatic rings. The summed E-state index contributed by atoms with van der Waals surface area (Å²) in [6, 6.07) is 8.42. The Balaban J connectivity index is 2.19. The number of hydrogen-bond acceptors (Lipinski definition) is 3. The van der Waals surface area contributed by atoms with Crippen molar-refractivity contribution in [1.29, 1.82) is 0 Å². The van der Waals surface area contributed by atoms with Crippen molar-refractivity contribution in [2.24, 2.45) is 0 Å². The van der Waals surface area contributed by atoms with Gasteiger partial charge in [0, 0.05) is 11.4 Å². The SMILES string of the molecule is Cc1cc(C)n(C(c2cccs2)n2nc(C)cc2C)n1. The van der Waals surface area contributed by atoms with E-state index in [1.54, 1.807) is 11.3 Å². The molecule has 0 saturated heterocycles. The summed E-state index contributed by atoms with van der Waals surface area (Å²) in [5.74, 6) is 0. The highest BCUT2D eigenvalue weighted by atomic mass is 32.1. The third-order valence-corrected chi connectivity index (χ3v) is 4.26. The van der Waals surface area contributed by atoms with Crippen LogP contribution in [0.1, 0.15) is 33.8 Å². The monoisotopic (exact) mass is 286 g/mol. The van der Waals surface area contributed by atoms with Gasteiger partial charge >= 0.3 is 0 Å². The first-order valence-electron chi connectivity index (χ1n) is 6.65. The van der Waals surface area contributed by atoms with Gasteiger partial charge in [-0.1, -0.05) is 6.07 Å². The van der Waals surface area contributed by atoms with Gasteiger partial charge in [-0.05, 0) is 51.3 Å². The van der Waals surface area contributed by atoms with Crippen LogP contribution in [0, 0.1) is 27.7 Å². The van der Waals surface area contributed by atoms with Gasteiger partial charge in [0.25, 0.3) is 0 Å². The predicted molar refractivity (Wildman–Crippen MR) is 81.3 cm³/mol. The fraction of sp³-hybridized carbons (Fsp3) is 0.333. The first-order chi connectivity index (χ1) is 9.56. The summed E-state index contributed by atoms with van der Waals surface area (Å²) in [5.41, 5.74) is 4.36. The van der Waals surface area contributed by atoms with E-state index in [4.69, 9.17) is 0 Å². The zero-order chi connectivity index (χ0) is 14.3. The Bertz CT molecular complexity index is 675. The molecule has 0 N–H and O–H groups in total. The minimum Gasteiger partial charge on any atom is -0.240 e. The van der Waals surface area contributed by atoms with Crippen molar-refractivity contribution in [3.05, 3.63) is 57.3 Å². The molecule has 0 aromatic carbocycles. The summed E-state index contributed by atoms with van der Waals surface area (Å²) in [4.78, 5) is 1.24. The maximum Gasteiger partial charge on any atom is 0.178 e. The average Bonchev–Trinajstić information content (AvgIpc) is 3.05. The molecule has 0 spiro atoms. The molecule has 3 heterocycles. The smallest absolute Gasteiger partial charge is 0.178 e. The molecule has 3 aromatic heterocycles. The minimum atomic E-state index is -0.00241. The molecule has 0 atom stereocenters. The maximum absolute atomic E-state index is 4.66. The van der Waals surface area contributed by atoms with Crippen LogP contribution in [0.5, 0.6) is 0 Å². The van der Waals surface area contributed by atoms with Gasteiger partial charge in [-0.25, -0.2) is 9.36 Å². The van der Waals surface area contributed by atoms with E-state index in [1.807, 2.05) is 13.8 Å². The summed E-state index contributed by atoms with van der Waals surface area (Å²) in [5, 5.41) is 11.4. The van der Waals surface area contributed by atoms with Crippen LogP contribution < -0.4 is 0 Å². The largest absolute Gasteiger partial charge is 0.240 e. The lowest BCUT2D eigenvalue weighted by Crippen LogP contribution is -2.23. The number of rotatable bonds is 3. The first kappa shape index (κ1) is 13.1. The van der Waals surface area contributed by atoms with E-state index in [0.29, 0.717) is 0 Å². The lowest BCUT2D eigenvalue weighted by atomic mass is 10.3. The lowest BCUT2D eigenvalue weighted by Gasteiger charge is -2.20. The molecule has 0 fully saturated rings. The molecule has 0 aliphatic carbocycles. The van der Waals surface area contributed by atoms with E-state index in [1.165, 1.54) is 4.88 Å². The Labute approximate surface area is 122 Å². The molecule has 3 rings (SSSR count). The van der Waals surface area contributed by atoms with Crippen LogP contribution >= 0.6 is 11.3 Å². The van der Waals surface area contributed by atoms with E-state index in [9.17, 15) is 0 Å². The maximum atomic E-state index is 4.66. The van der Waals surface area contributed by atoms with Crippen molar-refractivity contribution in [1.82, 2.24) is 19.6 Å².